The third-order valence-electron chi connectivity index (χ3n) is 6.32. The van der Waals surface area contributed by atoms with Crippen molar-refractivity contribution in [1.82, 2.24) is 9.97 Å². The lowest BCUT2D eigenvalue weighted by Gasteiger charge is -2.38. The Morgan fingerprint density at radius 2 is 1.11 bits per heavy atom. The number of rotatable bonds is 17. The first kappa shape index (κ1) is 39.1. The fourth-order valence-electron chi connectivity index (χ4n) is 3.60. The molecule has 0 fully saturated rings. The maximum atomic E-state index is 14.1. The lowest BCUT2D eigenvalue weighted by molar-refractivity contribution is -0.516. The molecular weight excluding hydrogens is 676 g/mol. The van der Waals surface area contributed by atoms with Crippen LogP contribution in [0.4, 0.5) is 70.2 Å². The Kier molecular flexibility index (Phi) is 11.9. The van der Waals surface area contributed by atoms with Gasteiger partial charge in [0.1, 0.15) is 5.75 Å². The summed E-state index contributed by atoms with van der Waals surface area (Å²) in [5.41, 5.74) is 0.906. The van der Waals surface area contributed by atoms with E-state index in [9.17, 15) is 70.2 Å². The van der Waals surface area contributed by atoms with Gasteiger partial charge in [0, 0.05) is 18.0 Å². The summed E-state index contributed by atoms with van der Waals surface area (Å²) < 4.78 is 218. The van der Waals surface area contributed by atoms with Crippen LogP contribution in [0.15, 0.2) is 36.7 Å². The van der Waals surface area contributed by atoms with Gasteiger partial charge in [-0.2, -0.15) is 70.2 Å². The van der Waals surface area contributed by atoms with E-state index >= 15 is 0 Å². The molecule has 2 aromatic rings. The van der Waals surface area contributed by atoms with Crippen LogP contribution >= 0.6 is 0 Å². The molecule has 0 amide bonds. The van der Waals surface area contributed by atoms with Crippen LogP contribution < -0.4 is 4.74 Å². The number of benzene rings is 1. The first-order chi connectivity index (χ1) is 20.9. The number of aryl methyl sites for hydroxylation is 1. The van der Waals surface area contributed by atoms with Crippen LogP contribution in [-0.2, 0) is 11.2 Å². The number of hydrogen-bond donors (Lipinski definition) is 0. The van der Waals surface area contributed by atoms with Crippen LogP contribution in [0, 0.1) is 0 Å². The Hall–Kier alpha value is -3.06. The van der Waals surface area contributed by atoms with Gasteiger partial charge in [-0.1, -0.05) is 39.0 Å². The molecule has 0 N–H and O–H groups in total. The van der Waals surface area contributed by atoms with Crippen LogP contribution in [0.2, 0.25) is 0 Å². The molecule has 20 heteroatoms. The van der Waals surface area contributed by atoms with Gasteiger partial charge in [-0.3, -0.25) is 0 Å². The van der Waals surface area contributed by atoms with E-state index in [4.69, 9.17) is 0 Å². The summed E-state index contributed by atoms with van der Waals surface area (Å²) in [5, 5.41) is 0. The topological polar surface area (TPSA) is 44.2 Å². The van der Waals surface area contributed by atoms with E-state index in [1.807, 2.05) is 0 Å². The Labute approximate surface area is 250 Å². The van der Waals surface area contributed by atoms with Gasteiger partial charge in [-0.15, -0.1) is 0 Å². The quantitative estimate of drug-likeness (QED) is 0.122. The minimum atomic E-state index is -8.04. The highest BCUT2D eigenvalue weighted by Gasteiger charge is 2.86. The Morgan fingerprint density at radius 1 is 0.630 bits per heavy atom. The largest absolute Gasteiger partial charge is 0.460 e. The average molecular weight is 700 g/mol. The fraction of sp³-hybridized carbons (Fsp3) is 0.615. The van der Waals surface area contributed by atoms with Crippen molar-refractivity contribution in [3.8, 4) is 17.1 Å². The van der Waals surface area contributed by atoms with Gasteiger partial charge in [-0.05, 0) is 42.7 Å². The summed E-state index contributed by atoms with van der Waals surface area (Å²) in [6.45, 7) is 2.08. The first-order valence-electron chi connectivity index (χ1n) is 13.1. The number of unbranched alkanes of at least 4 members (excludes halogenated alkanes) is 5. The number of halogens is 16. The van der Waals surface area contributed by atoms with E-state index in [0.29, 0.717) is 18.6 Å². The predicted octanol–water partition coefficient (Wildman–Crippen LogP) is 10.0. The normalized spacial score (nSPS) is 14.8. The van der Waals surface area contributed by atoms with Crippen molar-refractivity contribution in [2.45, 2.75) is 100 Å². The van der Waals surface area contributed by atoms with Crippen molar-refractivity contribution in [2.24, 2.45) is 0 Å². The number of nitrogens with zero attached hydrogens (tertiary/aromatic N) is 2. The highest BCUT2D eigenvalue weighted by atomic mass is 19.4. The molecule has 0 radical (unpaired) electrons. The molecular formula is C26H24F16N2O2. The Morgan fingerprint density at radius 3 is 1.61 bits per heavy atom. The minimum Gasteiger partial charge on any atom is -0.454 e. The summed E-state index contributed by atoms with van der Waals surface area (Å²) >= 11 is 0. The zero-order valence-corrected chi connectivity index (χ0v) is 23.2. The maximum Gasteiger partial charge on any atom is 0.460 e. The number of ether oxygens (including phenoxy) is 2. The molecule has 1 heterocycles. The molecule has 1 aromatic heterocycles. The first-order valence-corrected chi connectivity index (χ1v) is 13.1. The molecule has 1 atom stereocenters. The molecule has 4 nitrogen and oxygen atoms in total. The molecule has 0 bridgehead atoms. The third kappa shape index (κ3) is 8.07. The van der Waals surface area contributed by atoms with E-state index in [1.165, 1.54) is 17.1 Å². The van der Waals surface area contributed by atoms with Crippen molar-refractivity contribution in [1.29, 1.82) is 0 Å². The Bertz CT molecular complexity index is 1250. The number of hydrogen-bond acceptors (Lipinski definition) is 4. The second kappa shape index (κ2) is 14.0. The van der Waals surface area contributed by atoms with Gasteiger partial charge >= 0.3 is 48.4 Å². The van der Waals surface area contributed by atoms with Gasteiger partial charge in [-0.25, -0.2) is 14.7 Å². The fourth-order valence-corrected chi connectivity index (χ4v) is 3.60. The van der Waals surface area contributed by atoms with E-state index in [-0.39, 0.29) is 11.4 Å². The Balaban J connectivity index is 2.13. The zero-order chi connectivity index (χ0) is 35.4. The SMILES string of the molecule is CCCCCCCCc1cnc(-c2ccc(OC(F)C(F)(F)C(F)(F)C(F)(F)OC(F)(F)C(F)(F)C(F)(F)C(F)(F)F)cc2)nc1. The van der Waals surface area contributed by atoms with E-state index in [2.05, 4.69) is 21.6 Å². The summed E-state index contributed by atoms with van der Waals surface area (Å²) in [6.07, 6.45) is -18.2. The smallest absolute Gasteiger partial charge is 0.454 e. The van der Waals surface area contributed by atoms with E-state index in [0.717, 1.165) is 56.2 Å². The van der Waals surface area contributed by atoms with Gasteiger partial charge < -0.3 is 4.74 Å². The summed E-state index contributed by atoms with van der Waals surface area (Å²) in [6, 6.07) is 3.21. The van der Waals surface area contributed by atoms with Crippen molar-refractivity contribution < 1.29 is 79.7 Å². The molecule has 0 saturated carbocycles. The van der Waals surface area contributed by atoms with Crippen molar-refractivity contribution in [3.63, 3.8) is 0 Å². The van der Waals surface area contributed by atoms with Gasteiger partial charge in [0.2, 0.25) is 0 Å². The van der Waals surface area contributed by atoms with Crippen LogP contribution in [0.3, 0.4) is 0 Å². The van der Waals surface area contributed by atoms with Gasteiger partial charge in [0.05, 0.1) is 0 Å². The van der Waals surface area contributed by atoms with Crippen molar-refractivity contribution >= 4 is 0 Å². The molecule has 0 spiro atoms. The lowest BCUT2D eigenvalue weighted by Crippen LogP contribution is -2.67. The number of alkyl halides is 16. The monoisotopic (exact) mass is 700 g/mol. The highest BCUT2D eigenvalue weighted by Crippen LogP contribution is 2.57. The maximum absolute atomic E-state index is 14.1. The van der Waals surface area contributed by atoms with E-state index < -0.39 is 54.2 Å². The molecule has 0 aliphatic carbocycles. The molecule has 1 aromatic carbocycles. The van der Waals surface area contributed by atoms with Crippen molar-refractivity contribution in [3.05, 3.63) is 42.2 Å². The summed E-state index contributed by atoms with van der Waals surface area (Å²) in [4.78, 5) is 8.15. The minimum absolute atomic E-state index is 0.0394. The van der Waals surface area contributed by atoms with Crippen LogP contribution in [-0.4, -0.2) is 58.4 Å². The molecule has 0 saturated heterocycles. The molecule has 0 aliphatic heterocycles. The second-order valence-electron chi connectivity index (χ2n) is 9.87. The molecule has 0 aliphatic rings. The summed E-state index contributed by atoms with van der Waals surface area (Å²) in [7, 11) is 0. The highest BCUT2D eigenvalue weighted by molar-refractivity contribution is 5.55. The van der Waals surface area contributed by atoms with Gasteiger partial charge in [0.15, 0.2) is 5.82 Å². The van der Waals surface area contributed by atoms with E-state index in [1.54, 1.807) is 0 Å². The molecule has 1 unspecified atom stereocenters. The van der Waals surface area contributed by atoms with Gasteiger partial charge in [0.25, 0.3) is 0 Å². The third-order valence-corrected chi connectivity index (χ3v) is 6.32. The molecule has 46 heavy (non-hydrogen) atoms. The standard InChI is InChI=1S/C26H24F16N2O2/c1-2-3-4-5-6-7-8-15-13-43-18(44-14-15)16-9-11-17(12-10-16)45-19(27)20(28,29)21(30,31)25(39,40)46-26(41,42)23(34,35)22(32,33)24(36,37)38/h9-14,19H,2-8H2,1H3. The molecule has 2 rings (SSSR count). The predicted molar refractivity (Wildman–Crippen MR) is 127 cm³/mol. The number of aromatic nitrogens is 2. The summed E-state index contributed by atoms with van der Waals surface area (Å²) in [5.74, 6) is -31.5. The lowest BCUT2D eigenvalue weighted by atomic mass is 10.1. The molecule has 262 valence electrons. The van der Waals surface area contributed by atoms with Crippen LogP contribution in [0.25, 0.3) is 11.4 Å². The average Bonchev–Trinajstić information content (AvgIpc) is 2.94. The van der Waals surface area contributed by atoms with Crippen LogP contribution in [0.1, 0.15) is 51.0 Å². The van der Waals surface area contributed by atoms with Crippen molar-refractivity contribution in [2.75, 3.05) is 0 Å². The zero-order valence-electron chi connectivity index (χ0n) is 23.2. The second-order valence-corrected chi connectivity index (χ2v) is 9.87. The van der Waals surface area contributed by atoms with Crippen LogP contribution in [0.5, 0.6) is 5.75 Å².